The molecule has 0 heterocycles. The van der Waals surface area contributed by atoms with Gasteiger partial charge < -0.3 is 10.6 Å². The molecule has 18 heteroatoms. The van der Waals surface area contributed by atoms with Crippen LogP contribution in [0.5, 0.6) is 0 Å². The van der Waals surface area contributed by atoms with E-state index in [0.717, 1.165) is 12.1 Å². The van der Waals surface area contributed by atoms with Crippen LogP contribution in [-0.4, -0.2) is 39.7 Å². The summed E-state index contributed by atoms with van der Waals surface area (Å²) in [7, 11) is -11.0. The van der Waals surface area contributed by atoms with Gasteiger partial charge in [0.1, 0.15) is 0 Å². The Kier molecular flexibility index (Phi) is 10.6. The van der Waals surface area contributed by atoms with Crippen molar-refractivity contribution < 1.29 is 52.8 Å². The molecule has 0 aliphatic carbocycles. The number of benzene rings is 2. The Morgan fingerprint density at radius 1 is 0.550 bits per heavy atom. The lowest BCUT2D eigenvalue weighted by Crippen LogP contribution is -2.30. The van der Waals surface area contributed by atoms with Crippen molar-refractivity contribution in [2.45, 2.75) is 52.6 Å². The van der Waals surface area contributed by atoms with Gasteiger partial charge in [0.05, 0.1) is 11.4 Å². The number of sulfonamides is 2. The number of alkyl halides is 6. The number of aryl methyl sites for hydroxylation is 4. The Labute approximate surface area is 226 Å². The molecule has 0 saturated carbocycles. The van der Waals surface area contributed by atoms with E-state index in [1.807, 2.05) is 0 Å². The molecule has 2 amide bonds. The van der Waals surface area contributed by atoms with Gasteiger partial charge in [-0.15, -0.1) is 0 Å². The Morgan fingerprint density at radius 2 is 0.800 bits per heavy atom. The molecule has 2 rings (SSSR count). The second kappa shape index (κ2) is 12.3. The first-order valence-corrected chi connectivity index (χ1v) is 13.8. The van der Waals surface area contributed by atoms with Crippen LogP contribution in [0, 0.1) is 27.7 Å². The third-order valence-corrected chi connectivity index (χ3v) is 7.06. The molecule has 40 heavy (non-hydrogen) atoms. The third-order valence-electron chi connectivity index (χ3n) is 4.86. The topological polar surface area (TPSA) is 151 Å². The van der Waals surface area contributed by atoms with Crippen LogP contribution in [0.3, 0.4) is 0 Å². The SMILES string of the molecule is CC(=O)Nc1cc(NS(=O)(=O)C(F)(F)F)c(C)cc1C.CC(=O)Nc1cc(NS(=O)(=O)C(F)(F)F)c(C)cc1C. The maximum atomic E-state index is 12.3. The molecule has 0 saturated heterocycles. The number of carbonyl (C=O) groups is 2. The van der Waals surface area contributed by atoms with Crippen LogP contribution in [0.1, 0.15) is 36.1 Å². The molecular weight excluding hydrogens is 594 g/mol. The van der Waals surface area contributed by atoms with Crippen LogP contribution in [0.2, 0.25) is 0 Å². The van der Waals surface area contributed by atoms with Gasteiger partial charge in [0.15, 0.2) is 0 Å². The first kappa shape index (κ1) is 34.5. The van der Waals surface area contributed by atoms with E-state index in [0.29, 0.717) is 22.3 Å². The quantitative estimate of drug-likeness (QED) is 0.332. The number of halogens is 6. The fourth-order valence-electron chi connectivity index (χ4n) is 2.98. The number of anilines is 4. The molecular formula is C22H26F6N4O6S2. The van der Waals surface area contributed by atoms with Crippen molar-refractivity contribution in [3.8, 4) is 0 Å². The fourth-order valence-corrected chi connectivity index (χ4v) is 4.23. The molecule has 2 aromatic rings. The van der Waals surface area contributed by atoms with Crippen LogP contribution in [0.4, 0.5) is 49.1 Å². The summed E-state index contributed by atoms with van der Waals surface area (Å²) >= 11 is 0. The maximum absolute atomic E-state index is 12.3. The molecule has 0 aliphatic heterocycles. The van der Waals surface area contributed by atoms with E-state index in [1.165, 1.54) is 49.3 Å². The van der Waals surface area contributed by atoms with Crippen LogP contribution in [0.15, 0.2) is 24.3 Å². The lowest BCUT2D eigenvalue weighted by molar-refractivity contribution is -0.115. The number of amides is 2. The molecule has 0 unspecified atom stereocenters. The van der Waals surface area contributed by atoms with Gasteiger partial charge in [0, 0.05) is 25.2 Å². The van der Waals surface area contributed by atoms with E-state index in [2.05, 4.69) is 10.6 Å². The fraction of sp³-hybridized carbons (Fsp3) is 0.364. The Balaban J connectivity index is 0.000000400. The van der Waals surface area contributed by atoms with Crippen molar-refractivity contribution in [1.82, 2.24) is 0 Å². The van der Waals surface area contributed by atoms with Crippen molar-refractivity contribution in [3.05, 3.63) is 46.5 Å². The van der Waals surface area contributed by atoms with Crippen LogP contribution < -0.4 is 20.1 Å². The highest BCUT2D eigenvalue weighted by molar-refractivity contribution is 7.93. The minimum absolute atomic E-state index is 0.239. The average Bonchev–Trinajstić information content (AvgIpc) is 2.73. The van der Waals surface area contributed by atoms with Gasteiger partial charge in [0.2, 0.25) is 11.8 Å². The molecule has 0 spiro atoms. The molecule has 0 aromatic heterocycles. The van der Waals surface area contributed by atoms with E-state index in [9.17, 15) is 52.8 Å². The van der Waals surface area contributed by atoms with E-state index in [-0.39, 0.29) is 22.7 Å². The van der Waals surface area contributed by atoms with Crippen molar-refractivity contribution in [3.63, 3.8) is 0 Å². The second-order valence-electron chi connectivity index (χ2n) is 8.43. The van der Waals surface area contributed by atoms with Crippen molar-refractivity contribution in [2.75, 3.05) is 20.1 Å². The van der Waals surface area contributed by atoms with Crippen molar-refractivity contribution >= 4 is 54.6 Å². The molecule has 10 nitrogen and oxygen atoms in total. The maximum Gasteiger partial charge on any atom is 0.516 e. The average molecular weight is 621 g/mol. The van der Waals surface area contributed by atoms with E-state index in [4.69, 9.17) is 0 Å². The van der Waals surface area contributed by atoms with Crippen LogP contribution in [-0.2, 0) is 29.6 Å². The highest BCUT2D eigenvalue weighted by Gasteiger charge is 2.47. The third kappa shape index (κ3) is 9.29. The minimum atomic E-state index is -5.49. The molecule has 224 valence electrons. The van der Waals surface area contributed by atoms with E-state index >= 15 is 0 Å². The van der Waals surface area contributed by atoms with Crippen molar-refractivity contribution in [2.24, 2.45) is 0 Å². The predicted octanol–water partition coefficient (Wildman–Crippen LogP) is 5.05. The lowest BCUT2D eigenvalue weighted by atomic mass is 10.1. The first-order chi connectivity index (χ1) is 17.9. The molecule has 0 fully saturated rings. The molecule has 0 aliphatic rings. The summed E-state index contributed by atoms with van der Waals surface area (Å²) < 4.78 is 121. The number of rotatable bonds is 6. The zero-order valence-electron chi connectivity index (χ0n) is 21.8. The smallest absolute Gasteiger partial charge is 0.326 e. The lowest BCUT2D eigenvalue weighted by Gasteiger charge is -2.15. The molecule has 0 bridgehead atoms. The van der Waals surface area contributed by atoms with Gasteiger partial charge >= 0.3 is 31.1 Å². The van der Waals surface area contributed by atoms with Gasteiger partial charge in [-0.05, 0) is 62.1 Å². The molecule has 2 aromatic carbocycles. The minimum Gasteiger partial charge on any atom is -0.326 e. The second-order valence-corrected chi connectivity index (χ2v) is 11.8. The summed E-state index contributed by atoms with van der Waals surface area (Å²) in [6.45, 7) is 8.66. The zero-order chi connectivity index (χ0) is 31.4. The Bertz CT molecular complexity index is 1390. The summed E-state index contributed by atoms with van der Waals surface area (Å²) in [6.07, 6.45) is 0. The molecule has 0 atom stereocenters. The summed E-state index contributed by atoms with van der Waals surface area (Å²) in [4.78, 5) is 22.0. The Hall–Kier alpha value is -3.54. The number of hydrogen-bond acceptors (Lipinski definition) is 6. The van der Waals surface area contributed by atoms with Gasteiger partial charge in [-0.2, -0.15) is 43.2 Å². The van der Waals surface area contributed by atoms with Crippen LogP contribution in [0.25, 0.3) is 0 Å². The highest BCUT2D eigenvalue weighted by Crippen LogP contribution is 2.31. The Morgan fingerprint density at radius 3 is 1.02 bits per heavy atom. The highest BCUT2D eigenvalue weighted by atomic mass is 32.2. The summed E-state index contributed by atoms with van der Waals surface area (Å²) in [5.41, 5.74) is -8.98. The standard InChI is InChI=1S/2C11H13F3N2O3S/c2*1-6-4-7(2)10(5-9(6)15-8(3)17)16-20(18,19)11(12,13)14/h2*4-5,16H,1-3H3,(H,15,17). The van der Waals surface area contributed by atoms with Crippen molar-refractivity contribution in [1.29, 1.82) is 0 Å². The monoisotopic (exact) mass is 620 g/mol. The normalized spacial score (nSPS) is 12.1. The van der Waals surface area contributed by atoms with Gasteiger partial charge in [-0.1, -0.05) is 12.1 Å². The first-order valence-electron chi connectivity index (χ1n) is 10.8. The molecule has 4 N–H and O–H groups in total. The number of nitrogens with one attached hydrogen (secondary N) is 4. The molecule has 0 radical (unpaired) electrons. The van der Waals surface area contributed by atoms with Gasteiger partial charge in [-0.25, -0.2) is 0 Å². The largest absolute Gasteiger partial charge is 0.516 e. The van der Waals surface area contributed by atoms with Gasteiger partial charge in [-0.3, -0.25) is 19.0 Å². The number of carbonyl (C=O) groups excluding carboxylic acids is 2. The summed E-state index contributed by atoms with van der Waals surface area (Å²) in [5, 5.41) is 4.82. The summed E-state index contributed by atoms with van der Waals surface area (Å²) in [5.74, 6) is -0.830. The summed E-state index contributed by atoms with van der Waals surface area (Å²) in [6, 6.07) is 5.24. The predicted molar refractivity (Wildman–Crippen MR) is 138 cm³/mol. The van der Waals surface area contributed by atoms with Gasteiger partial charge in [0.25, 0.3) is 0 Å². The zero-order valence-corrected chi connectivity index (χ0v) is 23.5. The van der Waals surface area contributed by atoms with Crippen LogP contribution >= 0.6 is 0 Å². The van der Waals surface area contributed by atoms with E-state index in [1.54, 1.807) is 13.8 Å². The number of hydrogen-bond donors (Lipinski definition) is 4. The van der Waals surface area contributed by atoms with E-state index < -0.39 is 42.9 Å².